The molecule has 0 aliphatic heterocycles. The molecule has 2 N–H and O–H groups in total. The maximum Gasteiger partial charge on any atom is 0.332 e. The summed E-state index contributed by atoms with van der Waals surface area (Å²) < 4.78 is 4.51. The zero-order valence-electron chi connectivity index (χ0n) is 17.4. The molecule has 1 aliphatic rings. The minimum absolute atomic E-state index is 0.0980. The van der Waals surface area contributed by atoms with Crippen molar-refractivity contribution < 1.29 is 5.11 Å². The third kappa shape index (κ3) is 3.79. The summed E-state index contributed by atoms with van der Waals surface area (Å²) in [5.41, 5.74) is 1.00. The van der Waals surface area contributed by atoms with Gasteiger partial charge in [-0.15, -0.1) is 0 Å². The third-order valence-corrected chi connectivity index (χ3v) is 5.88. The van der Waals surface area contributed by atoms with Gasteiger partial charge in [-0.3, -0.25) is 18.5 Å². The second kappa shape index (κ2) is 8.87. The fourth-order valence-electron chi connectivity index (χ4n) is 4.33. The first-order valence-electron chi connectivity index (χ1n) is 10.8. The number of nitrogens with zero attached hydrogens (tertiary/aromatic N) is 4. The largest absolute Gasteiger partial charge is 0.395 e. The number of aliphatic hydroxyl groups excluding tert-OH is 1. The average molecular weight is 412 g/mol. The van der Waals surface area contributed by atoms with Crippen molar-refractivity contribution in [2.75, 3.05) is 11.9 Å². The van der Waals surface area contributed by atoms with Gasteiger partial charge in [-0.1, -0.05) is 49.6 Å². The molecule has 1 aliphatic carbocycles. The van der Waals surface area contributed by atoms with E-state index in [1.807, 2.05) is 34.9 Å². The van der Waals surface area contributed by atoms with E-state index in [4.69, 9.17) is 4.98 Å². The molecule has 3 aromatic rings. The average Bonchev–Trinajstić information content (AvgIpc) is 3.11. The van der Waals surface area contributed by atoms with Gasteiger partial charge in [-0.25, -0.2) is 4.79 Å². The number of nitrogens with one attached hydrogen (secondary N) is 1. The van der Waals surface area contributed by atoms with Crippen molar-refractivity contribution >= 4 is 17.1 Å². The minimum atomic E-state index is -0.433. The molecule has 30 heavy (non-hydrogen) atoms. The van der Waals surface area contributed by atoms with Gasteiger partial charge in [-0.2, -0.15) is 4.98 Å². The monoisotopic (exact) mass is 411 g/mol. The summed E-state index contributed by atoms with van der Waals surface area (Å²) in [6.07, 6.45) is 5.73. The smallest absolute Gasteiger partial charge is 0.332 e. The second-order valence-electron chi connectivity index (χ2n) is 7.87. The van der Waals surface area contributed by atoms with Crippen molar-refractivity contribution in [3.05, 3.63) is 56.7 Å². The predicted molar refractivity (Wildman–Crippen MR) is 117 cm³/mol. The lowest BCUT2D eigenvalue weighted by Crippen LogP contribution is -2.40. The van der Waals surface area contributed by atoms with Gasteiger partial charge in [0.2, 0.25) is 5.95 Å². The van der Waals surface area contributed by atoms with Gasteiger partial charge < -0.3 is 10.4 Å². The molecule has 0 bridgehead atoms. The van der Waals surface area contributed by atoms with Crippen LogP contribution in [0.2, 0.25) is 0 Å². The van der Waals surface area contributed by atoms with Crippen LogP contribution in [0.3, 0.4) is 0 Å². The Labute approximate surface area is 174 Å². The predicted octanol–water partition coefficient (Wildman–Crippen LogP) is 2.16. The van der Waals surface area contributed by atoms with Gasteiger partial charge in [0.05, 0.1) is 19.7 Å². The first-order chi connectivity index (χ1) is 14.6. The van der Waals surface area contributed by atoms with E-state index in [2.05, 4.69) is 5.32 Å². The summed E-state index contributed by atoms with van der Waals surface area (Å²) >= 11 is 0. The zero-order valence-corrected chi connectivity index (χ0v) is 17.4. The van der Waals surface area contributed by atoms with E-state index in [1.165, 1.54) is 28.4 Å². The molecule has 0 radical (unpaired) electrons. The van der Waals surface area contributed by atoms with Crippen LogP contribution in [0.5, 0.6) is 0 Å². The Kier molecular flexibility index (Phi) is 6.03. The summed E-state index contributed by atoms with van der Waals surface area (Å²) in [5.74, 6) is 0.609. The SMILES string of the molecule is CCn1c(=O)c2c(nc(NC3CCCCC3)n2Cc2ccccc2)n(CCO)c1=O. The van der Waals surface area contributed by atoms with Crippen molar-refractivity contribution in [2.24, 2.45) is 0 Å². The lowest BCUT2D eigenvalue weighted by Gasteiger charge is -2.23. The minimum Gasteiger partial charge on any atom is -0.395 e. The summed E-state index contributed by atoms with van der Waals surface area (Å²) in [5, 5.41) is 13.1. The van der Waals surface area contributed by atoms with Gasteiger partial charge in [0.15, 0.2) is 11.2 Å². The van der Waals surface area contributed by atoms with Crippen LogP contribution in [0.15, 0.2) is 39.9 Å². The Morgan fingerprint density at radius 2 is 1.80 bits per heavy atom. The molecule has 4 rings (SSSR count). The van der Waals surface area contributed by atoms with Crippen LogP contribution in [-0.4, -0.2) is 36.4 Å². The Hall–Kier alpha value is -2.87. The number of hydrogen-bond donors (Lipinski definition) is 2. The van der Waals surface area contributed by atoms with E-state index < -0.39 is 5.69 Å². The Morgan fingerprint density at radius 3 is 2.47 bits per heavy atom. The van der Waals surface area contributed by atoms with Crippen molar-refractivity contribution in [1.29, 1.82) is 0 Å². The Morgan fingerprint density at radius 1 is 1.07 bits per heavy atom. The van der Waals surface area contributed by atoms with E-state index in [1.54, 1.807) is 6.92 Å². The van der Waals surface area contributed by atoms with Crippen LogP contribution in [0.25, 0.3) is 11.2 Å². The van der Waals surface area contributed by atoms with Crippen molar-refractivity contribution in [1.82, 2.24) is 18.7 Å². The molecule has 160 valence electrons. The lowest BCUT2D eigenvalue weighted by atomic mass is 9.96. The normalized spacial score (nSPS) is 15.0. The highest BCUT2D eigenvalue weighted by atomic mass is 16.3. The topological polar surface area (TPSA) is 94.1 Å². The van der Waals surface area contributed by atoms with Crippen molar-refractivity contribution in [3.8, 4) is 0 Å². The second-order valence-corrected chi connectivity index (χ2v) is 7.87. The highest BCUT2D eigenvalue weighted by Gasteiger charge is 2.23. The zero-order chi connectivity index (χ0) is 21.1. The molecule has 0 spiro atoms. The van der Waals surface area contributed by atoms with Crippen LogP contribution in [-0.2, 0) is 19.6 Å². The van der Waals surface area contributed by atoms with Crippen LogP contribution < -0.4 is 16.6 Å². The highest BCUT2D eigenvalue weighted by molar-refractivity contribution is 5.74. The van der Waals surface area contributed by atoms with E-state index in [9.17, 15) is 14.7 Å². The summed E-state index contributed by atoms with van der Waals surface area (Å²) in [6.45, 7) is 2.41. The molecule has 1 aromatic carbocycles. The van der Waals surface area contributed by atoms with E-state index in [0.29, 0.717) is 29.7 Å². The number of aromatic nitrogens is 4. The molecule has 0 atom stereocenters. The van der Waals surface area contributed by atoms with Gasteiger partial charge in [0, 0.05) is 12.6 Å². The molecule has 0 saturated heterocycles. The fourth-order valence-corrected chi connectivity index (χ4v) is 4.33. The van der Waals surface area contributed by atoms with Gasteiger partial charge in [-0.05, 0) is 25.3 Å². The Bertz CT molecular complexity index is 1120. The first kappa shape index (κ1) is 20.4. The quantitative estimate of drug-likeness (QED) is 0.621. The molecule has 1 fully saturated rings. The van der Waals surface area contributed by atoms with Gasteiger partial charge >= 0.3 is 5.69 Å². The van der Waals surface area contributed by atoms with Gasteiger partial charge in [0.25, 0.3) is 5.56 Å². The van der Waals surface area contributed by atoms with Crippen molar-refractivity contribution in [3.63, 3.8) is 0 Å². The molecule has 8 nitrogen and oxygen atoms in total. The highest BCUT2D eigenvalue weighted by Crippen LogP contribution is 2.24. The van der Waals surface area contributed by atoms with Crippen molar-refractivity contribution in [2.45, 2.75) is 64.7 Å². The number of anilines is 1. The first-order valence-corrected chi connectivity index (χ1v) is 10.8. The number of fused-ring (bicyclic) bond motifs is 1. The number of aliphatic hydroxyl groups is 1. The number of hydrogen-bond acceptors (Lipinski definition) is 5. The summed E-state index contributed by atoms with van der Waals surface area (Å²) in [6, 6.07) is 10.2. The molecule has 8 heteroatoms. The van der Waals surface area contributed by atoms with Gasteiger partial charge in [0.1, 0.15) is 0 Å². The molecular formula is C22H29N5O3. The standard InChI is InChI=1S/C22H29N5O3/c1-2-25-20(29)18-19(26(13-14-28)22(25)30)24-21(23-17-11-7-4-8-12-17)27(18)15-16-9-5-3-6-10-16/h3,5-6,9-10,17,28H,2,4,7-8,11-15H2,1H3,(H,23,24). The van der Waals surface area contributed by atoms with Crippen LogP contribution >= 0.6 is 0 Å². The van der Waals surface area contributed by atoms with E-state index in [0.717, 1.165) is 18.4 Å². The molecular weight excluding hydrogens is 382 g/mol. The molecule has 1 saturated carbocycles. The van der Waals surface area contributed by atoms with Crippen LogP contribution in [0, 0.1) is 0 Å². The van der Waals surface area contributed by atoms with E-state index in [-0.39, 0.29) is 25.3 Å². The summed E-state index contributed by atoms with van der Waals surface area (Å²) in [4.78, 5) is 30.8. The maximum absolute atomic E-state index is 13.3. The summed E-state index contributed by atoms with van der Waals surface area (Å²) in [7, 11) is 0. The Balaban J connectivity index is 1.92. The number of imidazole rings is 1. The molecule has 2 aromatic heterocycles. The third-order valence-electron chi connectivity index (χ3n) is 5.88. The maximum atomic E-state index is 13.3. The van der Waals surface area contributed by atoms with Crippen LogP contribution in [0.1, 0.15) is 44.6 Å². The van der Waals surface area contributed by atoms with E-state index >= 15 is 0 Å². The molecule has 0 unspecified atom stereocenters. The molecule has 0 amide bonds. The number of rotatable bonds is 7. The lowest BCUT2D eigenvalue weighted by molar-refractivity contribution is 0.274. The fraction of sp³-hybridized carbons (Fsp3) is 0.500. The number of benzene rings is 1. The van der Waals surface area contributed by atoms with Crippen LogP contribution in [0.4, 0.5) is 5.95 Å². The molecule has 2 heterocycles.